The summed E-state index contributed by atoms with van der Waals surface area (Å²) in [4.78, 5) is 15.9. The minimum absolute atomic E-state index is 0.0298. The molecule has 0 aliphatic heterocycles. The fraction of sp³-hybridized carbons (Fsp3) is 0.400. The van der Waals surface area contributed by atoms with E-state index in [-0.39, 0.29) is 23.9 Å². The minimum Gasteiger partial charge on any atom is -0.349 e. The summed E-state index contributed by atoms with van der Waals surface area (Å²) in [6, 6.07) is 7.61. The molecular formula is C15H21N5O. The van der Waals surface area contributed by atoms with Crippen molar-refractivity contribution in [1.82, 2.24) is 20.1 Å². The van der Waals surface area contributed by atoms with Gasteiger partial charge in [-0.3, -0.25) is 4.79 Å². The highest BCUT2D eigenvalue weighted by Gasteiger charge is 2.19. The quantitative estimate of drug-likeness (QED) is 0.871. The van der Waals surface area contributed by atoms with Gasteiger partial charge in [0, 0.05) is 12.0 Å². The number of hydrogen-bond acceptors (Lipinski definition) is 4. The maximum atomic E-state index is 12.0. The van der Waals surface area contributed by atoms with E-state index in [4.69, 9.17) is 5.73 Å². The molecule has 0 bridgehead atoms. The molecule has 6 heteroatoms. The van der Waals surface area contributed by atoms with Crippen LogP contribution in [0.2, 0.25) is 0 Å². The molecule has 3 N–H and O–H groups in total. The Morgan fingerprint density at radius 2 is 1.90 bits per heavy atom. The Morgan fingerprint density at radius 3 is 2.43 bits per heavy atom. The maximum absolute atomic E-state index is 12.0. The van der Waals surface area contributed by atoms with Crippen molar-refractivity contribution in [2.24, 2.45) is 11.7 Å². The zero-order valence-corrected chi connectivity index (χ0v) is 12.5. The summed E-state index contributed by atoms with van der Waals surface area (Å²) in [7, 11) is 0. The number of benzene rings is 1. The van der Waals surface area contributed by atoms with Crippen LogP contribution in [0, 0.1) is 5.92 Å². The summed E-state index contributed by atoms with van der Waals surface area (Å²) in [6.07, 6.45) is 3.14. The van der Waals surface area contributed by atoms with Gasteiger partial charge in [0.25, 0.3) is 0 Å². The van der Waals surface area contributed by atoms with E-state index in [0.29, 0.717) is 0 Å². The Bertz CT molecular complexity index is 577. The predicted octanol–water partition coefficient (Wildman–Crippen LogP) is 1.43. The lowest BCUT2D eigenvalue weighted by Gasteiger charge is -2.20. The van der Waals surface area contributed by atoms with Crippen LogP contribution in [-0.2, 0) is 4.79 Å². The molecule has 6 nitrogen and oxygen atoms in total. The molecule has 0 saturated carbocycles. The number of nitrogens with two attached hydrogens (primary N) is 1. The van der Waals surface area contributed by atoms with Crippen molar-refractivity contribution in [3.63, 3.8) is 0 Å². The van der Waals surface area contributed by atoms with Crippen molar-refractivity contribution in [1.29, 1.82) is 0 Å². The molecule has 0 aliphatic rings. The van der Waals surface area contributed by atoms with Gasteiger partial charge in [-0.15, -0.1) is 0 Å². The first kappa shape index (κ1) is 15.2. The Balaban J connectivity index is 2.03. The second-order valence-corrected chi connectivity index (χ2v) is 5.31. The topological polar surface area (TPSA) is 85.8 Å². The molecule has 3 unspecified atom stereocenters. The molecule has 2 rings (SSSR count). The van der Waals surface area contributed by atoms with Crippen LogP contribution in [-0.4, -0.2) is 26.7 Å². The summed E-state index contributed by atoms with van der Waals surface area (Å²) >= 11 is 0. The van der Waals surface area contributed by atoms with Gasteiger partial charge in [0.2, 0.25) is 5.91 Å². The monoisotopic (exact) mass is 287 g/mol. The van der Waals surface area contributed by atoms with Crippen molar-refractivity contribution in [2.45, 2.75) is 32.9 Å². The SMILES string of the molecule is CC(NC(=O)C(C)C(C)N)c1ccc(-n2cncn2)cc1. The van der Waals surface area contributed by atoms with Crippen LogP contribution in [0.15, 0.2) is 36.9 Å². The van der Waals surface area contributed by atoms with Gasteiger partial charge >= 0.3 is 0 Å². The summed E-state index contributed by atoms with van der Waals surface area (Å²) in [6.45, 7) is 5.62. The molecule has 0 saturated heterocycles. The molecule has 112 valence electrons. The number of nitrogens with one attached hydrogen (secondary N) is 1. The molecule has 0 spiro atoms. The van der Waals surface area contributed by atoms with Crippen molar-refractivity contribution in [3.05, 3.63) is 42.5 Å². The lowest BCUT2D eigenvalue weighted by molar-refractivity contribution is -0.125. The predicted molar refractivity (Wildman–Crippen MR) is 80.7 cm³/mol. The van der Waals surface area contributed by atoms with Gasteiger partial charge in [0.05, 0.1) is 11.7 Å². The number of carbonyl (C=O) groups excluding carboxylic acids is 1. The van der Waals surface area contributed by atoms with E-state index >= 15 is 0 Å². The van der Waals surface area contributed by atoms with Crippen molar-refractivity contribution in [2.75, 3.05) is 0 Å². The first-order chi connectivity index (χ1) is 9.99. The Kier molecular flexibility index (Phi) is 4.70. The Hall–Kier alpha value is -2.21. The summed E-state index contributed by atoms with van der Waals surface area (Å²) in [5, 5.41) is 7.05. The third-order valence-corrected chi connectivity index (χ3v) is 3.64. The molecular weight excluding hydrogens is 266 g/mol. The Labute approximate surface area is 124 Å². The average molecular weight is 287 g/mol. The normalized spacial score (nSPS) is 15.2. The van der Waals surface area contributed by atoms with Crippen molar-refractivity contribution in [3.8, 4) is 5.69 Å². The third-order valence-electron chi connectivity index (χ3n) is 3.64. The largest absolute Gasteiger partial charge is 0.349 e. The van der Waals surface area contributed by atoms with Gasteiger partial charge in [0.15, 0.2) is 0 Å². The summed E-state index contributed by atoms with van der Waals surface area (Å²) in [5.41, 5.74) is 7.71. The summed E-state index contributed by atoms with van der Waals surface area (Å²) < 4.78 is 1.69. The maximum Gasteiger partial charge on any atom is 0.224 e. The van der Waals surface area contributed by atoms with E-state index in [2.05, 4.69) is 15.4 Å². The number of rotatable bonds is 5. The van der Waals surface area contributed by atoms with Gasteiger partial charge in [-0.1, -0.05) is 19.1 Å². The second-order valence-electron chi connectivity index (χ2n) is 5.31. The van der Waals surface area contributed by atoms with Gasteiger partial charge in [-0.05, 0) is 31.5 Å². The smallest absolute Gasteiger partial charge is 0.224 e. The molecule has 3 atom stereocenters. The zero-order chi connectivity index (χ0) is 15.4. The number of carbonyl (C=O) groups is 1. The lowest BCUT2D eigenvalue weighted by atomic mass is 10.0. The van der Waals surface area contributed by atoms with Crippen LogP contribution < -0.4 is 11.1 Å². The van der Waals surface area contributed by atoms with E-state index in [0.717, 1.165) is 11.3 Å². The van der Waals surface area contributed by atoms with Crippen LogP contribution >= 0.6 is 0 Å². The van der Waals surface area contributed by atoms with Gasteiger partial charge in [-0.2, -0.15) is 5.10 Å². The van der Waals surface area contributed by atoms with E-state index in [9.17, 15) is 4.79 Å². The number of hydrogen-bond donors (Lipinski definition) is 2. The zero-order valence-electron chi connectivity index (χ0n) is 12.5. The van der Waals surface area contributed by atoms with E-state index in [1.807, 2.05) is 45.0 Å². The molecule has 21 heavy (non-hydrogen) atoms. The molecule has 1 aromatic carbocycles. The number of nitrogens with zero attached hydrogens (tertiary/aromatic N) is 3. The highest BCUT2D eigenvalue weighted by atomic mass is 16.1. The van der Waals surface area contributed by atoms with Gasteiger partial charge < -0.3 is 11.1 Å². The van der Waals surface area contributed by atoms with E-state index in [1.54, 1.807) is 11.0 Å². The lowest BCUT2D eigenvalue weighted by Crippen LogP contribution is -2.39. The standard InChI is InChI=1S/C15H21N5O/c1-10(11(2)16)15(21)19-12(3)13-4-6-14(7-5-13)20-9-17-8-18-20/h4-12H,16H2,1-3H3,(H,19,21). The Morgan fingerprint density at radius 1 is 1.24 bits per heavy atom. The fourth-order valence-corrected chi connectivity index (χ4v) is 1.92. The van der Waals surface area contributed by atoms with E-state index < -0.39 is 0 Å². The van der Waals surface area contributed by atoms with Crippen LogP contribution in [0.3, 0.4) is 0 Å². The molecule has 1 aromatic heterocycles. The molecule has 0 radical (unpaired) electrons. The van der Waals surface area contributed by atoms with Crippen molar-refractivity contribution < 1.29 is 4.79 Å². The third kappa shape index (κ3) is 3.66. The molecule has 2 aromatic rings. The fourth-order valence-electron chi connectivity index (χ4n) is 1.92. The van der Waals surface area contributed by atoms with Gasteiger partial charge in [0.1, 0.15) is 12.7 Å². The highest BCUT2D eigenvalue weighted by Crippen LogP contribution is 2.16. The highest BCUT2D eigenvalue weighted by molar-refractivity contribution is 5.79. The van der Waals surface area contributed by atoms with Crippen LogP contribution in [0.5, 0.6) is 0 Å². The molecule has 1 heterocycles. The second kappa shape index (κ2) is 6.49. The average Bonchev–Trinajstić information content (AvgIpc) is 3.00. The number of amides is 1. The first-order valence-electron chi connectivity index (χ1n) is 7.00. The van der Waals surface area contributed by atoms with Crippen LogP contribution in [0.25, 0.3) is 5.69 Å². The minimum atomic E-state index is -0.207. The van der Waals surface area contributed by atoms with Crippen LogP contribution in [0.4, 0.5) is 0 Å². The molecule has 0 aliphatic carbocycles. The molecule has 0 fully saturated rings. The first-order valence-corrected chi connectivity index (χ1v) is 7.00. The van der Waals surface area contributed by atoms with Crippen molar-refractivity contribution >= 4 is 5.91 Å². The molecule has 1 amide bonds. The number of aromatic nitrogens is 3. The summed E-state index contributed by atoms with van der Waals surface area (Å²) in [5.74, 6) is -0.236. The van der Waals surface area contributed by atoms with E-state index in [1.165, 1.54) is 6.33 Å². The van der Waals surface area contributed by atoms with Gasteiger partial charge in [-0.25, -0.2) is 9.67 Å². The van der Waals surface area contributed by atoms with Crippen LogP contribution in [0.1, 0.15) is 32.4 Å².